The van der Waals surface area contributed by atoms with E-state index in [-0.39, 0.29) is 0 Å². The third kappa shape index (κ3) is 2.80. The summed E-state index contributed by atoms with van der Waals surface area (Å²) in [7, 11) is 0. The van der Waals surface area contributed by atoms with Gasteiger partial charge in [0.1, 0.15) is 4.88 Å². The lowest BCUT2D eigenvalue weighted by atomic mass is 10.1. The molecule has 0 aliphatic carbocycles. The van der Waals surface area contributed by atoms with Crippen LogP contribution in [0.2, 0.25) is 0 Å². The van der Waals surface area contributed by atoms with Crippen LogP contribution >= 0.6 is 11.3 Å². The predicted octanol–water partition coefficient (Wildman–Crippen LogP) is 3.61. The van der Waals surface area contributed by atoms with Gasteiger partial charge in [-0.05, 0) is 31.4 Å². The van der Waals surface area contributed by atoms with Gasteiger partial charge in [-0.25, -0.2) is 4.79 Å². The molecule has 17 heavy (non-hydrogen) atoms. The van der Waals surface area contributed by atoms with Crippen LogP contribution in [-0.2, 0) is 0 Å². The van der Waals surface area contributed by atoms with E-state index in [1.807, 2.05) is 6.07 Å². The number of carboxylic acid groups (broad SMARTS) is 1. The SMILES string of the molecule is CCC1CCCCCN1c1ccc(C(=O)O)s1. The molecular formula is C13H19NO2S. The fourth-order valence-corrected chi connectivity index (χ4v) is 3.43. The summed E-state index contributed by atoms with van der Waals surface area (Å²) >= 11 is 1.40. The first kappa shape index (κ1) is 12.4. The first-order valence-corrected chi connectivity index (χ1v) is 7.13. The lowest BCUT2D eigenvalue weighted by Crippen LogP contribution is -2.33. The number of nitrogens with zero attached hydrogens (tertiary/aromatic N) is 1. The summed E-state index contributed by atoms with van der Waals surface area (Å²) in [4.78, 5) is 13.8. The maximum atomic E-state index is 10.9. The van der Waals surface area contributed by atoms with Gasteiger partial charge in [0.15, 0.2) is 0 Å². The minimum absolute atomic E-state index is 0.444. The fraction of sp³-hybridized carbons (Fsp3) is 0.615. The van der Waals surface area contributed by atoms with Gasteiger partial charge >= 0.3 is 5.97 Å². The molecule has 0 bridgehead atoms. The van der Waals surface area contributed by atoms with Crippen LogP contribution in [0.3, 0.4) is 0 Å². The van der Waals surface area contributed by atoms with Crippen LogP contribution in [-0.4, -0.2) is 23.7 Å². The summed E-state index contributed by atoms with van der Waals surface area (Å²) in [6.45, 7) is 3.28. The highest BCUT2D eigenvalue weighted by molar-refractivity contribution is 7.17. The molecule has 0 spiro atoms. The van der Waals surface area contributed by atoms with Gasteiger partial charge in [0.05, 0.1) is 5.00 Å². The molecule has 3 nitrogen and oxygen atoms in total. The smallest absolute Gasteiger partial charge is 0.345 e. The highest BCUT2D eigenvalue weighted by atomic mass is 32.1. The van der Waals surface area contributed by atoms with Crippen LogP contribution < -0.4 is 4.90 Å². The molecule has 2 heterocycles. The molecule has 1 saturated heterocycles. The first-order chi connectivity index (χ1) is 8.22. The van der Waals surface area contributed by atoms with E-state index in [1.165, 1.54) is 37.0 Å². The number of anilines is 1. The van der Waals surface area contributed by atoms with Crippen LogP contribution in [0.25, 0.3) is 0 Å². The molecular weight excluding hydrogens is 234 g/mol. The van der Waals surface area contributed by atoms with Crippen molar-refractivity contribution in [1.82, 2.24) is 0 Å². The van der Waals surface area contributed by atoms with Crippen molar-refractivity contribution >= 4 is 22.3 Å². The Labute approximate surface area is 106 Å². The topological polar surface area (TPSA) is 40.5 Å². The average Bonchev–Trinajstić information content (AvgIpc) is 2.68. The van der Waals surface area contributed by atoms with Crippen molar-refractivity contribution in [2.75, 3.05) is 11.4 Å². The van der Waals surface area contributed by atoms with E-state index in [9.17, 15) is 4.79 Å². The summed E-state index contributed by atoms with van der Waals surface area (Å²) in [5.74, 6) is -0.816. The molecule has 0 aromatic carbocycles. The van der Waals surface area contributed by atoms with Gasteiger partial charge in [-0.3, -0.25) is 0 Å². The van der Waals surface area contributed by atoms with Crippen LogP contribution in [0.15, 0.2) is 12.1 Å². The monoisotopic (exact) mass is 253 g/mol. The molecule has 0 radical (unpaired) electrons. The Hall–Kier alpha value is -1.03. The van der Waals surface area contributed by atoms with Crippen LogP contribution in [0.4, 0.5) is 5.00 Å². The minimum atomic E-state index is -0.816. The molecule has 1 aromatic heterocycles. The number of thiophene rings is 1. The van der Waals surface area contributed by atoms with E-state index in [4.69, 9.17) is 5.11 Å². The summed E-state index contributed by atoms with van der Waals surface area (Å²) in [6, 6.07) is 4.26. The van der Waals surface area contributed by atoms with Crippen LogP contribution in [0.1, 0.15) is 48.7 Å². The Bertz CT molecular complexity index is 389. The van der Waals surface area contributed by atoms with E-state index >= 15 is 0 Å². The Morgan fingerprint density at radius 2 is 2.29 bits per heavy atom. The zero-order valence-corrected chi connectivity index (χ0v) is 11.0. The van der Waals surface area contributed by atoms with Gasteiger partial charge in [0, 0.05) is 12.6 Å². The first-order valence-electron chi connectivity index (χ1n) is 6.32. The maximum absolute atomic E-state index is 10.9. The number of rotatable bonds is 3. The minimum Gasteiger partial charge on any atom is -0.477 e. The summed E-state index contributed by atoms with van der Waals surface area (Å²) in [5, 5.41) is 10.1. The van der Waals surface area contributed by atoms with Crippen molar-refractivity contribution in [2.24, 2.45) is 0 Å². The highest BCUT2D eigenvalue weighted by Crippen LogP contribution is 2.31. The van der Waals surface area contributed by atoms with Crippen LogP contribution in [0.5, 0.6) is 0 Å². The molecule has 1 atom stereocenters. The molecule has 1 aliphatic heterocycles. The van der Waals surface area contributed by atoms with Crippen molar-refractivity contribution in [2.45, 2.75) is 45.1 Å². The Balaban J connectivity index is 2.19. The molecule has 2 rings (SSSR count). The molecule has 1 aromatic rings. The van der Waals surface area contributed by atoms with Gasteiger partial charge in [0.2, 0.25) is 0 Å². The van der Waals surface area contributed by atoms with Gasteiger partial charge in [-0.1, -0.05) is 19.8 Å². The van der Waals surface area contributed by atoms with E-state index in [0.29, 0.717) is 10.9 Å². The summed E-state index contributed by atoms with van der Waals surface area (Å²) in [5.41, 5.74) is 0. The van der Waals surface area contributed by atoms with E-state index in [2.05, 4.69) is 11.8 Å². The third-order valence-corrected chi connectivity index (χ3v) is 4.54. The van der Waals surface area contributed by atoms with Crippen molar-refractivity contribution in [3.05, 3.63) is 17.0 Å². The van der Waals surface area contributed by atoms with Gasteiger partial charge in [-0.2, -0.15) is 0 Å². The summed E-state index contributed by atoms with van der Waals surface area (Å²) < 4.78 is 0. The fourth-order valence-electron chi connectivity index (χ4n) is 2.49. The zero-order chi connectivity index (χ0) is 12.3. The maximum Gasteiger partial charge on any atom is 0.345 e. The molecule has 1 N–H and O–H groups in total. The summed E-state index contributed by atoms with van der Waals surface area (Å²) in [6.07, 6.45) is 6.18. The van der Waals surface area contributed by atoms with Crippen molar-refractivity contribution in [3.63, 3.8) is 0 Å². The average molecular weight is 253 g/mol. The van der Waals surface area contributed by atoms with Crippen LogP contribution in [0, 0.1) is 0 Å². The second-order valence-electron chi connectivity index (χ2n) is 4.55. The third-order valence-electron chi connectivity index (χ3n) is 3.43. The standard InChI is InChI=1S/C13H19NO2S/c1-2-10-6-4-3-5-9-14(10)12-8-7-11(17-12)13(15)16/h7-8,10H,2-6,9H2,1H3,(H,15,16). The van der Waals surface area contributed by atoms with Gasteiger partial charge in [-0.15, -0.1) is 11.3 Å². The molecule has 0 amide bonds. The van der Waals surface area contributed by atoms with Crippen molar-refractivity contribution in [1.29, 1.82) is 0 Å². The number of hydrogen-bond donors (Lipinski definition) is 1. The quantitative estimate of drug-likeness (QED) is 0.894. The second-order valence-corrected chi connectivity index (χ2v) is 5.61. The lowest BCUT2D eigenvalue weighted by molar-refractivity contribution is 0.0702. The largest absolute Gasteiger partial charge is 0.477 e. The highest BCUT2D eigenvalue weighted by Gasteiger charge is 2.21. The number of carboxylic acids is 1. The number of hydrogen-bond acceptors (Lipinski definition) is 3. The molecule has 0 saturated carbocycles. The molecule has 1 unspecified atom stereocenters. The van der Waals surface area contributed by atoms with Gasteiger partial charge < -0.3 is 10.0 Å². The molecule has 4 heteroatoms. The predicted molar refractivity (Wildman–Crippen MR) is 71.2 cm³/mol. The molecule has 94 valence electrons. The Kier molecular flexibility index (Phi) is 4.05. The number of carbonyl (C=O) groups is 1. The lowest BCUT2D eigenvalue weighted by Gasteiger charge is -2.29. The molecule has 1 aliphatic rings. The second kappa shape index (κ2) is 5.54. The zero-order valence-electron chi connectivity index (χ0n) is 10.2. The normalized spacial score (nSPS) is 21.2. The van der Waals surface area contributed by atoms with Crippen molar-refractivity contribution < 1.29 is 9.90 Å². The Morgan fingerprint density at radius 1 is 1.47 bits per heavy atom. The van der Waals surface area contributed by atoms with Crippen molar-refractivity contribution in [3.8, 4) is 0 Å². The number of aromatic carboxylic acids is 1. The van der Waals surface area contributed by atoms with E-state index in [0.717, 1.165) is 18.0 Å². The Morgan fingerprint density at radius 3 is 2.94 bits per heavy atom. The molecule has 1 fully saturated rings. The van der Waals surface area contributed by atoms with Gasteiger partial charge in [0.25, 0.3) is 0 Å². The van der Waals surface area contributed by atoms with E-state index in [1.54, 1.807) is 6.07 Å². The van der Waals surface area contributed by atoms with E-state index < -0.39 is 5.97 Å².